The van der Waals surface area contributed by atoms with E-state index in [1.165, 1.54) is 12.1 Å². The predicted molar refractivity (Wildman–Crippen MR) is 75.4 cm³/mol. The molecule has 0 spiro atoms. The van der Waals surface area contributed by atoms with E-state index in [0.29, 0.717) is 19.4 Å². The molecule has 0 amide bonds. The molecule has 0 saturated carbocycles. The Morgan fingerprint density at radius 1 is 1.24 bits per heavy atom. The molecule has 0 fully saturated rings. The summed E-state index contributed by atoms with van der Waals surface area (Å²) in [6, 6.07) is 4.72. The zero-order valence-electron chi connectivity index (χ0n) is 11.9. The maximum Gasteiger partial charge on any atom is 0.573 e. The number of hydrogen-bond donors (Lipinski definition) is 3. The van der Waals surface area contributed by atoms with E-state index in [-0.39, 0.29) is 11.7 Å². The Hall–Kier alpha value is -1.92. The molecular weight excluding hydrogens is 283 g/mol. The van der Waals surface area contributed by atoms with Crippen LogP contribution in [0.25, 0.3) is 0 Å². The Labute approximate surface area is 122 Å². The van der Waals surface area contributed by atoms with E-state index in [2.05, 4.69) is 10.1 Å². The molecule has 1 rings (SSSR count). The SMILES string of the molecule is CCc1cc(CCCCNC(=N)N)cc(OC(F)(F)F)c1. The van der Waals surface area contributed by atoms with E-state index in [4.69, 9.17) is 11.1 Å². The number of unbranched alkanes of at least 4 members (excludes halogenated alkanes) is 1. The lowest BCUT2D eigenvalue weighted by molar-refractivity contribution is -0.274. The largest absolute Gasteiger partial charge is 0.573 e. The van der Waals surface area contributed by atoms with Gasteiger partial charge < -0.3 is 15.8 Å². The number of halogens is 3. The number of guanidine groups is 1. The molecule has 1 aromatic carbocycles. The second kappa shape index (κ2) is 7.75. The minimum Gasteiger partial charge on any atom is -0.406 e. The lowest BCUT2D eigenvalue weighted by Gasteiger charge is -2.12. The molecule has 0 bridgehead atoms. The van der Waals surface area contributed by atoms with Crippen molar-refractivity contribution >= 4 is 5.96 Å². The van der Waals surface area contributed by atoms with E-state index >= 15 is 0 Å². The summed E-state index contributed by atoms with van der Waals surface area (Å²) < 4.78 is 40.8. The number of rotatable bonds is 7. The molecule has 4 N–H and O–H groups in total. The fourth-order valence-electron chi connectivity index (χ4n) is 1.95. The first-order chi connectivity index (χ1) is 9.80. The van der Waals surface area contributed by atoms with Gasteiger partial charge in [0.15, 0.2) is 5.96 Å². The van der Waals surface area contributed by atoms with Gasteiger partial charge in [-0.1, -0.05) is 13.0 Å². The van der Waals surface area contributed by atoms with E-state index < -0.39 is 6.36 Å². The van der Waals surface area contributed by atoms with Crippen LogP contribution in [0.3, 0.4) is 0 Å². The second-order valence-electron chi connectivity index (χ2n) is 4.68. The van der Waals surface area contributed by atoms with Crippen LogP contribution in [0.15, 0.2) is 18.2 Å². The van der Waals surface area contributed by atoms with Crippen molar-refractivity contribution in [3.8, 4) is 5.75 Å². The Morgan fingerprint density at radius 3 is 2.48 bits per heavy atom. The van der Waals surface area contributed by atoms with Gasteiger partial charge in [0.05, 0.1) is 0 Å². The third kappa shape index (κ3) is 7.43. The molecule has 0 atom stereocenters. The minimum absolute atomic E-state index is 0.0798. The fourth-order valence-corrected chi connectivity index (χ4v) is 1.95. The van der Waals surface area contributed by atoms with Crippen molar-refractivity contribution in [3.63, 3.8) is 0 Å². The van der Waals surface area contributed by atoms with Gasteiger partial charge in [-0.05, 0) is 48.9 Å². The number of nitrogens with one attached hydrogen (secondary N) is 2. The molecule has 0 aliphatic rings. The van der Waals surface area contributed by atoms with Crippen LogP contribution >= 0.6 is 0 Å². The monoisotopic (exact) mass is 303 g/mol. The zero-order valence-corrected chi connectivity index (χ0v) is 11.9. The Morgan fingerprint density at radius 2 is 1.90 bits per heavy atom. The summed E-state index contributed by atoms with van der Waals surface area (Å²) in [7, 11) is 0. The van der Waals surface area contributed by atoms with Gasteiger partial charge in [-0.2, -0.15) is 0 Å². The van der Waals surface area contributed by atoms with E-state index in [1.54, 1.807) is 0 Å². The summed E-state index contributed by atoms with van der Waals surface area (Å²) in [6.07, 6.45) is -1.80. The molecule has 0 heterocycles. The molecule has 118 valence electrons. The third-order valence-corrected chi connectivity index (χ3v) is 2.88. The van der Waals surface area contributed by atoms with Crippen molar-refractivity contribution in [3.05, 3.63) is 29.3 Å². The normalized spacial score (nSPS) is 11.2. The summed E-state index contributed by atoms with van der Waals surface area (Å²) in [5.41, 5.74) is 6.78. The lowest BCUT2D eigenvalue weighted by Crippen LogP contribution is -2.30. The van der Waals surface area contributed by atoms with Gasteiger partial charge in [0.25, 0.3) is 0 Å². The van der Waals surface area contributed by atoms with Crippen LogP contribution < -0.4 is 15.8 Å². The van der Waals surface area contributed by atoms with Gasteiger partial charge in [0.2, 0.25) is 0 Å². The first kappa shape index (κ1) is 17.1. The Kier molecular flexibility index (Phi) is 6.33. The van der Waals surface area contributed by atoms with Gasteiger partial charge in [0.1, 0.15) is 5.75 Å². The predicted octanol–water partition coefficient (Wildman–Crippen LogP) is 2.95. The average molecular weight is 303 g/mol. The number of alkyl halides is 3. The highest BCUT2D eigenvalue weighted by atomic mass is 19.4. The maximum atomic E-state index is 12.3. The fraction of sp³-hybridized carbons (Fsp3) is 0.500. The van der Waals surface area contributed by atoms with Crippen molar-refractivity contribution in [1.82, 2.24) is 5.32 Å². The van der Waals surface area contributed by atoms with Crippen LogP contribution in [0.5, 0.6) is 5.75 Å². The first-order valence-electron chi connectivity index (χ1n) is 6.76. The highest BCUT2D eigenvalue weighted by Crippen LogP contribution is 2.26. The molecule has 1 aromatic rings. The van der Waals surface area contributed by atoms with Gasteiger partial charge in [0, 0.05) is 6.54 Å². The van der Waals surface area contributed by atoms with Crippen LogP contribution in [0.1, 0.15) is 30.9 Å². The average Bonchev–Trinajstić information content (AvgIpc) is 2.35. The van der Waals surface area contributed by atoms with Crippen molar-refractivity contribution in [2.45, 2.75) is 39.0 Å². The summed E-state index contributed by atoms with van der Waals surface area (Å²) >= 11 is 0. The smallest absolute Gasteiger partial charge is 0.406 e. The summed E-state index contributed by atoms with van der Waals surface area (Å²) in [4.78, 5) is 0. The topological polar surface area (TPSA) is 71.1 Å². The summed E-state index contributed by atoms with van der Waals surface area (Å²) in [6.45, 7) is 2.46. The van der Waals surface area contributed by atoms with Gasteiger partial charge in [-0.25, -0.2) is 0 Å². The number of nitrogens with two attached hydrogens (primary N) is 1. The Balaban J connectivity index is 2.60. The number of benzene rings is 1. The summed E-state index contributed by atoms with van der Waals surface area (Å²) in [5.74, 6) is -0.248. The second-order valence-corrected chi connectivity index (χ2v) is 4.68. The number of aryl methyl sites for hydroxylation is 2. The van der Waals surface area contributed by atoms with Crippen LogP contribution in [0.2, 0.25) is 0 Å². The van der Waals surface area contributed by atoms with Crippen molar-refractivity contribution in [2.75, 3.05) is 6.54 Å². The number of hydrogen-bond acceptors (Lipinski definition) is 2. The van der Waals surface area contributed by atoms with Gasteiger partial charge >= 0.3 is 6.36 Å². The van der Waals surface area contributed by atoms with Crippen molar-refractivity contribution < 1.29 is 17.9 Å². The standard InChI is InChI=1S/C14H20F3N3O/c1-2-10-7-11(5-3-4-6-20-13(18)19)9-12(8-10)21-14(15,16)17/h7-9H,2-6H2,1H3,(H4,18,19,20). The molecule has 4 nitrogen and oxygen atoms in total. The molecule has 7 heteroatoms. The lowest BCUT2D eigenvalue weighted by atomic mass is 10.0. The summed E-state index contributed by atoms with van der Waals surface area (Å²) in [5, 5.41) is 9.69. The van der Waals surface area contributed by atoms with Crippen LogP contribution in [0, 0.1) is 5.41 Å². The molecule has 21 heavy (non-hydrogen) atoms. The Bertz CT molecular complexity index is 475. The molecule has 0 unspecified atom stereocenters. The van der Waals surface area contributed by atoms with Gasteiger partial charge in [-0.3, -0.25) is 5.41 Å². The van der Waals surface area contributed by atoms with E-state index in [9.17, 15) is 13.2 Å². The van der Waals surface area contributed by atoms with Gasteiger partial charge in [-0.15, -0.1) is 13.2 Å². The van der Waals surface area contributed by atoms with Crippen molar-refractivity contribution in [1.29, 1.82) is 5.41 Å². The maximum absolute atomic E-state index is 12.3. The highest BCUT2D eigenvalue weighted by molar-refractivity contribution is 5.74. The molecule has 0 aliphatic heterocycles. The quantitative estimate of drug-likeness (QED) is 0.412. The van der Waals surface area contributed by atoms with Crippen molar-refractivity contribution in [2.24, 2.45) is 5.73 Å². The molecule has 0 aliphatic carbocycles. The van der Waals surface area contributed by atoms with Crippen LogP contribution in [-0.4, -0.2) is 18.9 Å². The molecule has 0 aromatic heterocycles. The first-order valence-corrected chi connectivity index (χ1v) is 6.76. The zero-order chi connectivity index (χ0) is 15.9. The number of ether oxygens (including phenoxy) is 1. The molecule has 0 radical (unpaired) electrons. The molecule has 0 saturated heterocycles. The molecular formula is C14H20F3N3O. The third-order valence-electron chi connectivity index (χ3n) is 2.88. The highest BCUT2D eigenvalue weighted by Gasteiger charge is 2.31. The van der Waals surface area contributed by atoms with E-state index in [0.717, 1.165) is 24.0 Å². The van der Waals surface area contributed by atoms with Crippen LogP contribution in [0.4, 0.5) is 13.2 Å². The van der Waals surface area contributed by atoms with E-state index in [1.807, 2.05) is 13.0 Å². The minimum atomic E-state index is -4.67. The van der Waals surface area contributed by atoms with Crippen LogP contribution in [-0.2, 0) is 12.8 Å².